The molecule has 1 heterocycles. The van der Waals surface area contributed by atoms with Crippen LogP contribution in [-0.4, -0.2) is 61.3 Å². The van der Waals surface area contributed by atoms with E-state index >= 15 is 0 Å². The highest BCUT2D eigenvalue weighted by Crippen LogP contribution is 2.45. The smallest absolute Gasteiger partial charge is 0.295 e. The number of amides is 1. The van der Waals surface area contributed by atoms with Crippen LogP contribution in [0.15, 0.2) is 42.0 Å². The molecule has 0 aromatic heterocycles. The maximum absolute atomic E-state index is 12.9. The van der Waals surface area contributed by atoms with E-state index in [4.69, 9.17) is 25.8 Å². The summed E-state index contributed by atoms with van der Waals surface area (Å²) < 4.78 is 16.1. The fourth-order valence-electron chi connectivity index (χ4n) is 3.59. The predicted molar refractivity (Wildman–Crippen MR) is 114 cm³/mol. The summed E-state index contributed by atoms with van der Waals surface area (Å²) in [4.78, 5) is 26.8. The Morgan fingerprint density at radius 3 is 2.10 bits per heavy atom. The number of aliphatic hydroxyl groups excluding tert-OH is 2. The molecule has 1 saturated heterocycles. The van der Waals surface area contributed by atoms with Crippen LogP contribution in [-0.2, 0) is 9.59 Å². The Hall–Kier alpha value is -3.23. The van der Waals surface area contributed by atoms with Gasteiger partial charge in [0, 0.05) is 17.1 Å². The molecule has 0 unspecified atom stereocenters. The molecule has 31 heavy (non-hydrogen) atoms. The number of hydrogen-bond acceptors (Lipinski definition) is 7. The van der Waals surface area contributed by atoms with Gasteiger partial charge in [0.05, 0.1) is 39.6 Å². The van der Waals surface area contributed by atoms with E-state index in [1.807, 2.05) is 0 Å². The van der Waals surface area contributed by atoms with Crippen molar-refractivity contribution < 1.29 is 34.0 Å². The summed E-state index contributed by atoms with van der Waals surface area (Å²) in [5, 5.41) is 20.9. The molecule has 1 amide bonds. The van der Waals surface area contributed by atoms with Crippen LogP contribution < -0.4 is 14.2 Å². The molecule has 9 heteroatoms. The normalized spacial score (nSPS) is 17.7. The van der Waals surface area contributed by atoms with Crippen LogP contribution in [0.25, 0.3) is 5.76 Å². The lowest BCUT2D eigenvalue weighted by Gasteiger charge is -2.26. The second-order valence-corrected chi connectivity index (χ2v) is 7.12. The fraction of sp³-hybridized carbons (Fsp3) is 0.273. The van der Waals surface area contributed by atoms with Gasteiger partial charge in [-0.3, -0.25) is 9.59 Å². The number of hydrogen-bond donors (Lipinski definition) is 2. The average molecular weight is 448 g/mol. The van der Waals surface area contributed by atoms with Crippen molar-refractivity contribution in [3.05, 3.63) is 58.1 Å². The number of rotatable bonds is 7. The Bertz CT molecular complexity index is 1010. The number of halogens is 1. The van der Waals surface area contributed by atoms with Crippen molar-refractivity contribution in [3.8, 4) is 17.2 Å². The quantitative estimate of drug-likeness (QED) is 0.382. The topological polar surface area (TPSA) is 106 Å². The number of carbonyl (C=O) groups is 2. The van der Waals surface area contributed by atoms with Gasteiger partial charge in [-0.25, -0.2) is 0 Å². The molecule has 0 radical (unpaired) electrons. The van der Waals surface area contributed by atoms with Crippen LogP contribution in [0, 0.1) is 0 Å². The second kappa shape index (κ2) is 9.28. The van der Waals surface area contributed by atoms with Gasteiger partial charge in [-0.2, -0.15) is 0 Å². The number of Topliss-reactive ketones (excluding diaryl/α,β-unsaturated/α-hetero) is 1. The Kier molecular flexibility index (Phi) is 6.72. The third-order valence-electron chi connectivity index (χ3n) is 5.00. The molecule has 2 aromatic rings. The Morgan fingerprint density at radius 1 is 1.03 bits per heavy atom. The van der Waals surface area contributed by atoms with Crippen molar-refractivity contribution in [1.82, 2.24) is 4.90 Å². The van der Waals surface area contributed by atoms with Crippen LogP contribution in [0.3, 0.4) is 0 Å². The van der Waals surface area contributed by atoms with Crippen LogP contribution in [0.1, 0.15) is 17.2 Å². The first-order chi connectivity index (χ1) is 14.9. The lowest BCUT2D eigenvalue weighted by Crippen LogP contribution is -2.32. The number of likely N-dealkylation sites (tertiary alicyclic amines) is 1. The number of carbonyl (C=O) groups excluding carboxylic acids is 2. The number of ether oxygens (including phenoxy) is 3. The highest BCUT2D eigenvalue weighted by Gasteiger charge is 2.46. The number of nitrogens with zero attached hydrogens (tertiary/aromatic N) is 1. The third kappa shape index (κ3) is 4.04. The number of methoxy groups -OCH3 is 3. The molecule has 1 aliphatic rings. The van der Waals surface area contributed by atoms with Gasteiger partial charge < -0.3 is 29.3 Å². The fourth-order valence-corrected chi connectivity index (χ4v) is 3.71. The Morgan fingerprint density at radius 2 is 1.61 bits per heavy atom. The number of β-amino-alcohol motifs (C(OH)–C–C–N with tert-alkyl or cyclic N) is 1. The van der Waals surface area contributed by atoms with E-state index in [0.717, 1.165) is 0 Å². The summed E-state index contributed by atoms with van der Waals surface area (Å²) in [7, 11) is 4.34. The van der Waals surface area contributed by atoms with Gasteiger partial charge in [0.15, 0.2) is 11.5 Å². The number of ketones is 1. The summed E-state index contributed by atoms with van der Waals surface area (Å²) in [6.07, 6.45) is 0. The minimum Gasteiger partial charge on any atom is -0.507 e. The van der Waals surface area contributed by atoms with Crippen molar-refractivity contribution in [2.24, 2.45) is 0 Å². The molecule has 1 atom stereocenters. The molecule has 2 N–H and O–H groups in total. The largest absolute Gasteiger partial charge is 0.507 e. The molecule has 0 saturated carbocycles. The van der Waals surface area contributed by atoms with E-state index in [2.05, 4.69) is 0 Å². The van der Waals surface area contributed by atoms with Crippen LogP contribution in [0.5, 0.6) is 17.2 Å². The molecule has 8 nitrogen and oxygen atoms in total. The first-order valence-electron chi connectivity index (χ1n) is 9.33. The lowest BCUT2D eigenvalue weighted by molar-refractivity contribution is -0.140. The van der Waals surface area contributed by atoms with E-state index in [1.165, 1.54) is 26.2 Å². The first kappa shape index (κ1) is 22.5. The minimum atomic E-state index is -0.975. The summed E-state index contributed by atoms with van der Waals surface area (Å²) in [6, 6.07) is 8.43. The van der Waals surface area contributed by atoms with Crippen LogP contribution in [0.4, 0.5) is 0 Å². The molecular weight excluding hydrogens is 426 g/mol. The highest BCUT2D eigenvalue weighted by molar-refractivity contribution is 6.46. The van der Waals surface area contributed by atoms with Gasteiger partial charge in [0.1, 0.15) is 5.76 Å². The first-order valence-corrected chi connectivity index (χ1v) is 9.70. The molecule has 0 spiro atoms. The average Bonchev–Trinajstić information content (AvgIpc) is 3.03. The molecular formula is C22H22ClNO7. The molecule has 2 aromatic carbocycles. The summed E-state index contributed by atoms with van der Waals surface area (Å²) in [5.74, 6) is -1.07. The van der Waals surface area contributed by atoms with Gasteiger partial charge in [-0.1, -0.05) is 11.6 Å². The van der Waals surface area contributed by atoms with Crippen molar-refractivity contribution in [2.75, 3.05) is 34.5 Å². The predicted octanol–water partition coefficient (Wildman–Crippen LogP) is 2.78. The van der Waals surface area contributed by atoms with Crippen molar-refractivity contribution >= 4 is 29.1 Å². The number of benzene rings is 2. The zero-order chi connectivity index (χ0) is 22.7. The van der Waals surface area contributed by atoms with Gasteiger partial charge in [-0.15, -0.1) is 0 Å². The second-order valence-electron chi connectivity index (χ2n) is 6.68. The third-order valence-corrected chi connectivity index (χ3v) is 5.25. The molecule has 1 fully saturated rings. The Labute approximate surface area is 184 Å². The van der Waals surface area contributed by atoms with E-state index in [-0.39, 0.29) is 24.5 Å². The maximum Gasteiger partial charge on any atom is 0.295 e. The van der Waals surface area contributed by atoms with Gasteiger partial charge >= 0.3 is 0 Å². The van der Waals surface area contributed by atoms with Gasteiger partial charge in [0.2, 0.25) is 5.75 Å². The monoisotopic (exact) mass is 447 g/mol. The summed E-state index contributed by atoms with van der Waals surface area (Å²) in [6.45, 7) is -0.474. The van der Waals surface area contributed by atoms with Crippen molar-refractivity contribution in [1.29, 1.82) is 0 Å². The zero-order valence-corrected chi connectivity index (χ0v) is 18.0. The molecule has 1 aliphatic heterocycles. The van der Waals surface area contributed by atoms with E-state index in [0.29, 0.717) is 33.4 Å². The van der Waals surface area contributed by atoms with Crippen molar-refractivity contribution in [2.45, 2.75) is 6.04 Å². The minimum absolute atomic E-state index is 0.108. The zero-order valence-electron chi connectivity index (χ0n) is 17.2. The van der Waals surface area contributed by atoms with Crippen molar-refractivity contribution in [3.63, 3.8) is 0 Å². The summed E-state index contributed by atoms with van der Waals surface area (Å²) >= 11 is 5.92. The molecule has 164 valence electrons. The van der Waals surface area contributed by atoms with Crippen LogP contribution in [0.2, 0.25) is 5.02 Å². The maximum atomic E-state index is 12.9. The van der Waals surface area contributed by atoms with Gasteiger partial charge in [-0.05, 0) is 42.0 Å². The molecule has 0 bridgehead atoms. The molecule has 3 rings (SSSR count). The lowest BCUT2D eigenvalue weighted by atomic mass is 9.94. The SMILES string of the molecule is COc1cc([C@@H]2/C(=C(\O)c3ccc(Cl)cc3)C(=O)C(=O)N2CCO)cc(OC)c1OC. The highest BCUT2D eigenvalue weighted by atomic mass is 35.5. The van der Waals surface area contributed by atoms with Crippen LogP contribution >= 0.6 is 11.6 Å². The molecule has 0 aliphatic carbocycles. The Balaban J connectivity index is 2.26. The number of aliphatic hydroxyl groups is 2. The standard InChI is InChI=1S/C22H22ClNO7/c1-29-15-10-13(11-16(30-2)21(15)31-3)18-17(20(27)22(28)24(18)8-9-25)19(26)12-4-6-14(23)7-5-12/h4-7,10-11,18,25-26H,8-9H2,1-3H3/b19-17+/t18-/m1/s1. The van der Waals surface area contributed by atoms with E-state index < -0.39 is 17.7 Å². The summed E-state index contributed by atoms with van der Waals surface area (Å²) in [5.41, 5.74) is 0.650. The van der Waals surface area contributed by atoms with E-state index in [9.17, 15) is 19.8 Å². The van der Waals surface area contributed by atoms with E-state index in [1.54, 1.807) is 36.4 Å². The van der Waals surface area contributed by atoms with Gasteiger partial charge in [0.25, 0.3) is 11.7 Å².